The fraction of sp³-hybridized carbons (Fsp3) is 0.647. The summed E-state index contributed by atoms with van der Waals surface area (Å²) in [5.74, 6) is 1.04. The first-order valence-corrected chi connectivity index (χ1v) is 7.92. The average Bonchev–Trinajstić information content (AvgIpc) is 2.40. The number of hydrogen-bond donors (Lipinski definition) is 2. The highest BCUT2D eigenvalue weighted by atomic mass is 16.5. The van der Waals surface area contributed by atoms with Crippen molar-refractivity contribution in [2.45, 2.75) is 62.2 Å². The SMILES string of the molecule is OC1(CNC2CC3(CCC3)Oc3ccccc32)CCC1. The molecule has 20 heavy (non-hydrogen) atoms. The van der Waals surface area contributed by atoms with Gasteiger partial charge in [0.1, 0.15) is 11.4 Å². The molecule has 1 heterocycles. The fourth-order valence-corrected chi connectivity index (χ4v) is 3.75. The van der Waals surface area contributed by atoms with E-state index in [0.717, 1.165) is 31.4 Å². The first-order chi connectivity index (χ1) is 9.68. The second-order valence-corrected chi connectivity index (χ2v) is 6.89. The number of para-hydroxylation sites is 1. The number of benzene rings is 1. The third kappa shape index (κ3) is 2.04. The van der Waals surface area contributed by atoms with E-state index in [4.69, 9.17) is 4.74 Å². The summed E-state index contributed by atoms with van der Waals surface area (Å²) in [7, 11) is 0. The van der Waals surface area contributed by atoms with Gasteiger partial charge in [0, 0.05) is 24.6 Å². The zero-order valence-corrected chi connectivity index (χ0v) is 11.9. The largest absolute Gasteiger partial charge is 0.487 e. The van der Waals surface area contributed by atoms with Gasteiger partial charge in [0.05, 0.1) is 5.60 Å². The molecule has 1 unspecified atom stereocenters. The Bertz CT molecular complexity index is 505. The number of nitrogens with one attached hydrogen (secondary N) is 1. The van der Waals surface area contributed by atoms with Crippen LogP contribution in [0.3, 0.4) is 0 Å². The van der Waals surface area contributed by atoms with Gasteiger partial charge in [0.2, 0.25) is 0 Å². The first-order valence-electron chi connectivity index (χ1n) is 7.92. The van der Waals surface area contributed by atoms with Crippen molar-refractivity contribution in [1.29, 1.82) is 0 Å². The van der Waals surface area contributed by atoms with Crippen LogP contribution in [0.1, 0.15) is 56.6 Å². The topological polar surface area (TPSA) is 41.5 Å². The maximum absolute atomic E-state index is 10.3. The van der Waals surface area contributed by atoms with Gasteiger partial charge in [0.25, 0.3) is 0 Å². The zero-order chi connectivity index (χ0) is 13.6. The Balaban J connectivity index is 1.54. The van der Waals surface area contributed by atoms with E-state index in [1.807, 2.05) is 6.07 Å². The Morgan fingerprint density at radius 3 is 2.55 bits per heavy atom. The van der Waals surface area contributed by atoms with E-state index in [1.54, 1.807) is 0 Å². The lowest BCUT2D eigenvalue weighted by atomic mass is 9.72. The van der Waals surface area contributed by atoms with Crippen LogP contribution in [0.2, 0.25) is 0 Å². The van der Waals surface area contributed by atoms with Crippen molar-refractivity contribution in [1.82, 2.24) is 5.32 Å². The summed E-state index contributed by atoms with van der Waals surface area (Å²) in [5.41, 5.74) is 0.863. The van der Waals surface area contributed by atoms with Gasteiger partial charge < -0.3 is 15.2 Å². The van der Waals surface area contributed by atoms with Crippen molar-refractivity contribution in [3.05, 3.63) is 29.8 Å². The quantitative estimate of drug-likeness (QED) is 0.889. The van der Waals surface area contributed by atoms with Crippen LogP contribution in [0.4, 0.5) is 0 Å². The van der Waals surface area contributed by atoms with Crippen LogP contribution in [-0.2, 0) is 0 Å². The Morgan fingerprint density at radius 1 is 1.15 bits per heavy atom. The molecule has 0 aromatic heterocycles. The van der Waals surface area contributed by atoms with E-state index in [-0.39, 0.29) is 5.60 Å². The van der Waals surface area contributed by atoms with Crippen molar-refractivity contribution in [2.75, 3.05) is 6.54 Å². The van der Waals surface area contributed by atoms with Gasteiger partial charge in [-0.2, -0.15) is 0 Å². The molecule has 1 aliphatic heterocycles. The summed E-state index contributed by atoms with van der Waals surface area (Å²) in [6, 6.07) is 8.69. The molecule has 0 amide bonds. The Labute approximate surface area is 120 Å². The molecule has 2 saturated carbocycles. The third-order valence-corrected chi connectivity index (χ3v) is 5.42. The molecule has 1 spiro atoms. The van der Waals surface area contributed by atoms with Gasteiger partial charge in [-0.1, -0.05) is 18.2 Å². The summed E-state index contributed by atoms with van der Waals surface area (Å²) in [6.45, 7) is 0.710. The van der Waals surface area contributed by atoms with Gasteiger partial charge in [0.15, 0.2) is 0 Å². The van der Waals surface area contributed by atoms with E-state index >= 15 is 0 Å². The van der Waals surface area contributed by atoms with Gasteiger partial charge in [-0.25, -0.2) is 0 Å². The molecule has 3 aliphatic rings. The molecule has 1 aromatic rings. The van der Waals surface area contributed by atoms with Crippen molar-refractivity contribution >= 4 is 0 Å². The second-order valence-electron chi connectivity index (χ2n) is 6.89. The molecule has 0 radical (unpaired) electrons. The number of hydrogen-bond acceptors (Lipinski definition) is 3. The third-order valence-electron chi connectivity index (χ3n) is 5.42. The highest BCUT2D eigenvalue weighted by molar-refractivity contribution is 5.39. The minimum Gasteiger partial charge on any atom is -0.487 e. The summed E-state index contributed by atoms with van der Waals surface area (Å²) in [4.78, 5) is 0. The average molecular weight is 273 g/mol. The van der Waals surface area contributed by atoms with Gasteiger partial charge in [-0.15, -0.1) is 0 Å². The Kier molecular flexibility index (Phi) is 2.83. The van der Waals surface area contributed by atoms with E-state index in [9.17, 15) is 5.11 Å². The van der Waals surface area contributed by atoms with E-state index < -0.39 is 5.60 Å². The van der Waals surface area contributed by atoms with Crippen molar-refractivity contribution in [2.24, 2.45) is 0 Å². The van der Waals surface area contributed by atoms with Crippen LogP contribution in [0, 0.1) is 0 Å². The van der Waals surface area contributed by atoms with Crippen LogP contribution in [0.25, 0.3) is 0 Å². The molecular formula is C17H23NO2. The fourth-order valence-electron chi connectivity index (χ4n) is 3.75. The predicted octanol–water partition coefficient (Wildman–Crippen LogP) is 2.94. The molecule has 1 atom stereocenters. The lowest BCUT2D eigenvalue weighted by molar-refractivity contribution is -0.0528. The standard InChI is InChI=1S/C17H23NO2/c19-16(7-3-8-16)12-18-14-11-17(9-4-10-17)20-15-6-2-1-5-13(14)15/h1-2,5-6,14,18-19H,3-4,7-12H2. The van der Waals surface area contributed by atoms with E-state index in [1.165, 1.54) is 24.8 Å². The van der Waals surface area contributed by atoms with Crippen LogP contribution in [0.5, 0.6) is 5.75 Å². The molecular weight excluding hydrogens is 250 g/mol. The summed E-state index contributed by atoms with van der Waals surface area (Å²) in [6.07, 6.45) is 7.70. The molecule has 2 fully saturated rings. The molecule has 0 bridgehead atoms. The van der Waals surface area contributed by atoms with Gasteiger partial charge >= 0.3 is 0 Å². The Morgan fingerprint density at radius 2 is 1.90 bits per heavy atom. The molecule has 0 saturated heterocycles. The number of aliphatic hydroxyl groups is 1. The van der Waals surface area contributed by atoms with Crippen molar-refractivity contribution < 1.29 is 9.84 Å². The second kappa shape index (κ2) is 4.47. The lowest BCUT2D eigenvalue weighted by Crippen LogP contribution is -2.52. The summed E-state index contributed by atoms with van der Waals surface area (Å²) < 4.78 is 6.26. The summed E-state index contributed by atoms with van der Waals surface area (Å²) >= 11 is 0. The van der Waals surface area contributed by atoms with Gasteiger partial charge in [-0.05, 0) is 44.6 Å². The normalized spacial score (nSPS) is 28.9. The van der Waals surface area contributed by atoms with E-state index in [0.29, 0.717) is 12.6 Å². The molecule has 3 nitrogen and oxygen atoms in total. The maximum Gasteiger partial charge on any atom is 0.124 e. The predicted molar refractivity (Wildman–Crippen MR) is 77.8 cm³/mol. The van der Waals surface area contributed by atoms with Crippen molar-refractivity contribution in [3.63, 3.8) is 0 Å². The number of ether oxygens (including phenoxy) is 1. The first kappa shape index (κ1) is 12.7. The molecule has 2 N–H and O–H groups in total. The number of fused-ring (bicyclic) bond motifs is 1. The van der Waals surface area contributed by atoms with Crippen molar-refractivity contribution in [3.8, 4) is 5.75 Å². The summed E-state index contributed by atoms with van der Waals surface area (Å²) in [5, 5.41) is 13.9. The minimum absolute atomic E-state index is 0.0637. The monoisotopic (exact) mass is 273 g/mol. The number of rotatable bonds is 3. The van der Waals surface area contributed by atoms with Crippen LogP contribution in [0.15, 0.2) is 24.3 Å². The lowest BCUT2D eigenvalue weighted by Gasteiger charge is -2.49. The smallest absolute Gasteiger partial charge is 0.124 e. The molecule has 4 rings (SSSR count). The highest BCUT2D eigenvalue weighted by Gasteiger charge is 2.46. The molecule has 1 aromatic carbocycles. The van der Waals surface area contributed by atoms with E-state index in [2.05, 4.69) is 23.5 Å². The van der Waals surface area contributed by atoms with Crippen LogP contribution < -0.4 is 10.1 Å². The van der Waals surface area contributed by atoms with Crippen LogP contribution >= 0.6 is 0 Å². The minimum atomic E-state index is -0.458. The maximum atomic E-state index is 10.3. The molecule has 2 aliphatic carbocycles. The molecule has 3 heteroatoms. The Hall–Kier alpha value is -1.06. The van der Waals surface area contributed by atoms with Gasteiger partial charge in [-0.3, -0.25) is 0 Å². The zero-order valence-electron chi connectivity index (χ0n) is 11.9. The molecule has 108 valence electrons. The highest BCUT2D eigenvalue weighted by Crippen LogP contribution is 2.48. The van der Waals surface area contributed by atoms with Crippen LogP contribution in [-0.4, -0.2) is 22.9 Å².